The summed E-state index contributed by atoms with van der Waals surface area (Å²) in [5.74, 6) is -0.827. The van der Waals surface area contributed by atoms with Gasteiger partial charge in [0.25, 0.3) is 17.5 Å². The van der Waals surface area contributed by atoms with E-state index in [0.29, 0.717) is 6.42 Å². The molecule has 0 spiro atoms. The molecule has 0 fully saturated rings. The van der Waals surface area contributed by atoms with Crippen molar-refractivity contribution in [1.29, 1.82) is 0 Å². The number of hydrogen-bond acceptors (Lipinski definition) is 4. The van der Waals surface area contributed by atoms with Crippen LogP contribution in [0, 0.1) is 10.1 Å². The molecule has 1 atom stereocenters. The fourth-order valence-electron chi connectivity index (χ4n) is 1.94. The van der Waals surface area contributed by atoms with Crippen molar-refractivity contribution in [3.63, 3.8) is 0 Å². The van der Waals surface area contributed by atoms with E-state index in [0.717, 1.165) is 11.0 Å². The van der Waals surface area contributed by atoms with Gasteiger partial charge in [-0.2, -0.15) is 0 Å². The molecule has 94 valence electrons. The van der Waals surface area contributed by atoms with Crippen molar-refractivity contribution < 1.29 is 14.5 Å². The summed E-state index contributed by atoms with van der Waals surface area (Å²) in [5.41, 5.74) is 0.182. The molecule has 0 unspecified atom stereocenters. The lowest BCUT2D eigenvalue weighted by Gasteiger charge is -2.20. The van der Waals surface area contributed by atoms with Crippen LogP contribution in [0.3, 0.4) is 0 Å². The Morgan fingerprint density at radius 3 is 2.44 bits per heavy atom. The Hall–Kier alpha value is -2.24. The second-order valence-electron chi connectivity index (χ2n) is 4.22. The average molecular weight is 248 g/mol. The molecule has 2 rings (SSSR count). The Balaban J connectivity index is 2.49. The lowest BCUT2D eigenvalue weighted by molar-refractivity contribution is -0.384. The van der Waals surface area contributed by atoms with E-state index in [-0.39, 0.29) is 28.8 Å². The number of carbonyl (C=O) groups excluding carboxylic acids is 2. The first-order valence-electron chi connectivity index (χ1n) is 5.63. The summed E-state index contributed by atoms with van der Waals surface area (Å²) in [5, 5.41) is 10.7. The molecule has 0 radical (unpaired) electrons. The van der Waals surface area contributed by atoms with E-state index in [9.17, 15) is 19.7 Å². The number of non-ortho nitro benzene ring substituents is 1. The zero-order valence-corrected chi connectivity index (χ0v) is 10.0. The van der Waals surface area contributed by atoms with Gasteiger partial charge in [0.05, 0.1) is 16.1 Å². The molecule has 0 N–H and O–H groups in total. The maximum absolute atomic E-state index is 12.1. The first kappa shape index (κ1) is 12.2. The Morgan fingerprint density at radius 1 is 1.28 bits per heavy atom. The maximum Gasteiger partial charge on any atom is 0.270 e. The Kier molecular flexibility index (Phi) is 2.86. The quantitative estimate of drug-likeness (QED) is 0.465. The molecule has 18 heavy (non-hydrogen) atoms. The normalized spacial score (nSPS) is 15.8. The number of nitrogens with zero attached hydrogens (tertiary/aromatic N) is 2. The third-order valence-corrected chi connectivity index (χ3v) is 3.14. The van der Waals surface area contributed by atoms with E-state index in [2.05, 4.69) is 0 Å². The Morgan fingerprint density at radius 2 is 1.89 bits per heavy atom. The molecule has 2 amide bonds. The molecule has 0 aromatic heterocycles. The molecule has 1 aromatic rings. The number of fused-ring (bicyclic) bond motifs is 1. The van der Waals surface area contributed by atoms with Crippen molar-refractivity contribution in [1.82, 2.24) is 4.90 Å². The van der Waals surface area contributed by atoms with E-state index in [1.165, 1.54) is 12.1 Å². The number of rotatable bonds is 3. The fraction of sp³-hybridized carbons (Fsp3) is 0.333. The van der Waals surface area contributed by atoms with Crippen molar-refractivity contribution in [2.45, 2.75) is 26.3 Å². The largest absolute Gasteiger partial charge is 0.272 e. The Labute approximate surface area is 103 Å². The van der Waals surface area contributed by atoms with Gasteiger partial charge in [0.1, 0.15) is 0 Å². The molecule has 1 aliphatic rings. The minimum absolute atomic E-state index is 0.120. The fourth-order valence-corrected chi connectivity index (χ4v) is 1.94. The van der Waals surface area contributed by atoms with Crippen LogP contribution in [-0.4, -0.2) is 27.7 Å². The third kappa shape index (κ3) is 1.66. The molecule has 0 saturated heterocycles. The maximum atomic E-state index is 12.1. The van der Waals surface area contributed by atoms with Crippen LogP contribution in [0.5, 0.6) is 0 Å². The van der Waals surface area contributed by atoms with E-state index in [1.54, 1.807) is 6.92 Å². The molecule has 6 heteroatoms. The molecule has 6 nitrogen and oxygen atoms in total. The third-order valence-electron chi connectivity index (χ3n) is 3.14. The highest BCUT2D eigenvalue weighted by Gasteiger charge is 2.38. The van der Waals surface area contributed by atoms with Crippen LogP contribution in [0.2, 0.25) is 0 Å². The van der Waals surface area contributed by atoms with Crippen molar-refractivity contribution in [3.05, 3.63) is 39.4 Å². The smallest absolute Gasteiger partial charge is 0.270 e. The van der Waals surface area contributed by atoms with E-state index in [4.69, 9.17) is 0 Å². The van der Waals surface area contributed by atoms with Crippen molar-refractivity contribution in [2.24, 2.45) is 0 Å². The number of hydrogen-bond donors (Lipinski definition) is 0. The number of carbonyl (C=O) groups is 2. The van der Waals surface area contributed by atoms with Gasteiger partial charge >= 0.3 is 0 Å². The summed E-state index contributed by atoms with van der Waals surface area (Å²) in [6.07, 6.45) is 0.646. The van der Waals surface area contributed by atoms with Gasteiger partial charge in [-0.15, -0.1) is 0 Å². The molecule has 1 aromatic carbocycles. The summed E-state index contributed by atoms with van der Waals surface area (Å²) in [4.78, 5) is 35.3. The summed E-state index contributed by atoms with van der Waals surface area (Å²) >= 11 is 0. The average Bonchev–Trinajstić information content (AvgIpc) is 2.61. The summed E-state index contributed by atoms with van der Waals surface area (Å²) in [6, 6.07) is 3.54. The molecular formula is C12H12N2O4. The van der Waals surface area contributed by atoms with Gasteiger partial charge in [-0.05, 0) is 19.4 Å². The van der Waals surface area contributed by atoms with Gasteiger partial charge in [-0.25, -0.2) is 0 Å². The minimum atomic E-state index is -0.579. The van der Waals surface area contributed by atoms with Crippen LogP contribution in [-0.2, 0) is 0 Å². The monoisotopic (exact) mass is 248 g/mol. The van der Waals surface area contributed by atoms with Gasteiger partial charge in [0.2, 0.25) is 0 Å². The SMILES string of the molecule is CC[C@H](C)N1C(=O)c2ccc([N+](=O)[O-])cc2C1=O. The second-order valence-corrected chi connectivity index (χ2v) is 4.22. The summed E-state index contributed by atoms with van der Waals surface area (Å²) in [7, 11) is 0. The van der Waals surface area contributed by atoms with Gasteiger partial charge in [0, 0.05) is 18.2 Å². The highest BCUT2D eigenvalue weighted by molar-refractivity contribution is 6.21. The zero-order chi connectivity index (χ0) is 13.4. The topological polar surface area (TPSA) is 80.5 Å². The molecule has 0 aliphatic carbocycles. The molecule has 1 aliphatic heterocycles. The van der Waals surface area contributed by atoms with Gasteiger partial charge in [0.15, 0.2) is 0 Å². The number of imide groups is 1. The van der Waals surface area contributed by atoms with Crippen LogP contribution < -0.4 is 0 Å². The lowest BCUT2D eigenvalue weighted by Crippen LogP contribution is -2.37. The van der Waals surface area contributed by atoms with E-state index in [1.807, 2.05) is 6.92 Å². The van der Waals surface area contributed by atoms with Crippen LogP contribution in [0.15, 0.2) is 18.2 Å². The second kappa shape index (κ2) is 4.21. The number of amides is 2. The van der Waals surface area contributed by atoms with Crippen LogP contribution in [0.1, 0.15) is 41.0 Å². The summed E-state index contributed by atoms with van der Waals surface area (Å²) < 4.78 is 0. The molecule has 0 bridgehead atoms. The highest BCUT2D eigenvalue weighted by atomic mass is 16.6. The van der Waals surface area contributed by atoms with Crippen LogP contribution in [0.25, 0.3) is 0 Å². The first-order valence-corrected chi connectivity index (χ1v) is 5.63. The van der Waals surface area contributed by atoms with Crippen LogP contribution in [0.4, 0.5) is 5.69 Å². The molecule has 1 heterocycles. The number of nitro groups is 1. The first-order chi connectivity index (χ1) is 8.47. The van der Waals surface area contributed by atoms with Gasteiger partial charge < -0.3 is 0 Å². The van der Waals surface area contributed by atoms with E-state index < -0.39 is 10.8 Å². The van der Waals surface area contributed by atoms with Crippen LogP contribution >= 0.6 is 0 Å². The highest BCUT2D eigenvalue weighted by Crippen LogP contribution is 2.28. The predicted molar refractivity (Wildman–Crippen MR) is 63.3 cm³/mol. The lowest BCUT2D eigenvalue weighted by atomic mass is 10.1. The molecular weight excluding hydrogens is 236 g/mol. The summed E-state index contributed by atoms with van der Waals surface area (Å²) in [6.45, 7) is 3.65. The Bertz CT molecular complexity index is 553. The predicted octanol–water partition coefficient (Wildman–Crippen LogP) is 1.99. The number of benzene rings is 1. The molecule has 0 saturated carbocycles. The van der Waals surface area contributed by atoms with E-state index >= 15 is 0 Å². The van der Waals surface area contributed by atoms with Gasteiger partial charge in [-0.1, -0.05) is 6.92 Å². The minimum Gasteiger partial charge on any atom is -0.272 e. The van der Waals surface area contributed by atoms with Crippen molar-refractivity contribution in [2.75, 3.05) is 0 Å². The standard InChI is InChI=1S/C12H12N2O4/c1-3-7(2)13-11(15)9-5-4-8(14(17)18)6-10(9)12(13)16/h4-7H,3H2,1-2H3/t7-/m0/s1. The van der Waals surface area contributed by atoms with Crippen molar-refractivity contribution >= 4 is 17.5 Å². The van der Waals surface area contributed by atoms with Crippen molar-refractivity contribution in [3.8, 4) is 0 Å². The zero-order valence-electron chi connectivity index (χ0n) is 10.0. The van der Waals surface area contributed by atoms with Gasteiger partial charge in [-0.3, -0.25) is 24.6 Å². The number of nitro benzene ring substituents is 1.